The Labute approximate surface area is 251 Å². The van der Waals surface area contributed by atoms with E-state index in [9.17, 15) is 18.8 Å². The van der Waals surface area contributed by atoms with Gasteiger partial charge >= 0.3 is 0 Å². The highest BCUT2D eigenvalue weighted by atomic mass is 19.1. The number of carbonyl (C=O) groups is 3. The lowest BCUT2D eigenvalue weighted by molar-refractivity contribution is -0.119. The third kappa shape index (κ3) is 6.50. The standard InChI is InChI=1S/C33H41FN4O5/c1-21-17-38(22(2)16-36(21)18-23-11-13-25(34)14-12-23)33(41)27-15-26-28(19-37(20-42-3)31(26)35-32(27)43-4)30(40)29(39)24-9-7-5-6-8-10-24/h11-15,19,21-22,24H,5-10,16-18,20H2,1-4H3/t21-,22+/m0/s1. The van der Waals surface area contributed by atoms with Gasteiger partial charge in [0.05, 0.1) is 12.7 Å². The van der Waals surface area contributed by atoms with E-state index >= 15 is 0 Å². The molecule has 0 unspecified atom stereocenters. The fourth-order valence-electron chi connectivity index (χ4n) is 6.46. The number of amides is 1. The molecule has 1 aliphatic carbocycles. The third-order valence-electron chi connectivity index (χ3n) is 8.88. The number of piperazine rings is 1. The monoisotopic (exact) mass is 592 g/mol. The number of aromatic nitrogens is 2. The van der Waals surface area contributed by atoms with E-state index in [1.807, 2.05) is 11.8 Å². The van der Waals surface area contributed by atoms with Gasteiger partial charge in [-0.3, -0.25) is 19.3 Å². The first-order valence-corrected chi connectivity index (χ1v) is 15.2. The Morgan fingerprint density at radius 2 is 1.65 bits per heavy atom. The second kappa shape index (κ2) is 13.3. The number of carbonyl (C=O) groups excluding carboxylic acids is 3. The van der Waals surface area contributed by atoms with Gasteiger partial charge in [-0.1, -0.05) is 37.8 Å². The summed E-state index contributed by atoms with van der Waals surface area (Å²) in [7, 11) is 3.00. The van der Waals surface area contributed by atoms with Crippen molar-refractivity contribution in [2.45, 2.75) is 77.7 Å². The molecule has 1 saturated carbocycles. The Balaban J connectivity index is 1.44. The number of halogens is 1. The van der Waals surface area contributed by atoms with Crippen molar-refractivity contribution in [2.75, 3.05) is 27.3 Å². The van der Waals surface area contributed by atoms with Crippen LogP contribution in [0.5, 0.6) is 5.88 Å². The number of Topliss-reactive ketones (excluding diaryl/α,β-unsaturated/α-hetero) is 2. The molecule has 3 aromatic rings. The van der Waals surface area contributed by atoms with Crippen molar-refractivity contribution in [3.63, 3.8) is 0 Å². The maximum atomic E-state index is 14.1. The van der Waals surface area contributed by atoms with E-state index in [1.165, 1.54) is 26.4 Å². The van der Waals surface area contributed by atoms with Crippen molar-refractivity contribution in [1.29, 1.82) is 0 Å². The van der Waals surface area contributed by atoms with E-state index in [2.05, 4.69) is 16.8 Å². The molecule has 230 valence electrons. The molecule has 10 heteroatoms. The maximum absolute atomic E-state index is 14.1. The normalized spacial score (nSPS) is 20.3. The van der Waals surface area contributed by atoms with Crippen LogP contribution in [0.3, 0.4) is 0 Å². The summed E-state index contributed by atoms with van der Waals surface area (Å²) >= 11 is 0. The van der Waals surface area contributed by atoms with Crippen molar-refractivity contribution >= 4 is 28.5 Å². The van der Waals surface area contributed by atoms with Gasteiger partial charge in [-0.2, -0.15) is 4.98 Å². The highest BCUT2D eigenvalue weighted by Gasteiger charge is 2.35. The summed E-state index contributed by atoms with van der Waals surface area (Å²) in [6, 6.07) is 8.05. The lowest BCUT2D eigenvalue weighted by Crippen LogP contribution is -2.57. The maximum Gasteiger partial charge on any atom is 0.259 e. The number of fused-ring (bicyclic) bond motifs is 1. The molecule has 1 aromatic carbocycles. The van der Waals surface area contributed by atoms with Crippen LogP contribution in [0.2, 0.25) is 0 Å². The Hall–Kier alpha value is -3.63. The van der Waals surface area contributed by atoms with Crippen LogP contribution in [0, 0.1) is 11.7 Å². The summed E-state index contributed by atoms with van der Waals surface area (Å²) in [4.78, 5) is 49.8. The number of benzene rings is 1. The van der Waals surface area contributed by atoms with Crippen molar-refractivity contribution in [3.8, 4) is 5.88 Å². The molecule has 5 rings (SSSR count). The molecule has 1 amide bonds. The number of ketones is 2. The SMILES string of the molecule is COCn1cc(C(=O)C(=O)C2CCCCCC2)c2cc(C(=O)N3C[C@H](C)N(Cc4ccc(F)cc4)C[C@H]3C)c(OC)nc21. The minimum atomic E-state index is -0.548. The summed E-state index contributed by atoms with van der Waals surface area (Å²) in [5.74, 6) is -1.57. The van der Waals surface area contributed by atoms with Crippen LogP contribution in [0.4, 0.5) is 4.39 Å². The van der Waals surface area contributed by atoms with Crippen LogP contribution < -0.4 is 4.74 Å². The zero-order valence-electron chi connectivity index (χ0n) is 25.5. The van der Waals surface area contributed by atoms with E-state index < -0.39 is 5.78 Å². The lowest BCUT2D eigenvalue weighted by Gasteiger charge is -2.44. The highest BCUT2D eigenvalue weighted by Crippen LogP contribution is 2.31. The summed E-state index contributed by atoms with van der Waals surface area (Å²) in [6.45, 7) is 5.93. The number of methoxy groups -OCH3 is 2. The Kier molecular flexibility index (Phi) is 9.56. The molecular weight excluding hydrogens is 551 g/mol. The average Bonchev–Trinajstić information content (AvgIpc) is 3.15. The van der Waals surface area contributed by atoms with Gasteiger partial charge in [0, 0.05) is 56.3 Å². The quantitative estimate of drug-likeness (QED) is 0.190. The minimum absolute atomic E-state index is 0.0463. The Bertz CT molecular complexity index is 1480. The second-order valence-electron chi connectivity index (χ2n) is 11.9. The fourth-order valence-corrected chi connectivity index (χ4v) is 6.46. The summed E-state index contributed by atoms with van der Waals surface area (Å²) in [5, 5.41) is 0.434. The molecule has 9 nitrogen and oxygen atoms in total. The molecule has 1 aliphatic heterocycles. The lowest BCUT2D eigenvalue weighted by atomic mass is 9.90. The minimum Gasteiger partial charge on any atom is -0.480 e. The van der Waals surface area contributed by atoms with Gasteiger partial charge in [0.1, 0.15) is 23.8 Å². The van der Waals surface area contributed by atoms with Crippen LogP contribution in [0.25, 0.3) is 11.0 Å². The number of ether oxygens (including phenoxy) is 2. The van der Waals surface area contributed by atoms with Crippen molar-refractivity contribution in [1.82, 2.24) is 19.4 Å². The van der Waals surface area contributed by atoms with E-state index in [0.29, 0.717) is 30.7 Å². The summed E-state index contributed by atoms with van der Waals surface area (Å²) < 4.78 is 26.0. The van der Waals surface area contributed by atoms with Crippen LogP contribution in [0.1, 0.15) is 78.7 Å². The largest absolute Gasteiger partial charge is 0.480 e. The first kappa shape index (κ1) is 30.8. The van der Waals surface area contributed by atoms with Crippen LogP contribution >= 0.6 is 0 Å². The van der Waals surface area contributed by atoms with Gasteiger partial charge in [0.2, 0.25) is 17.4 Å². The van der Waals surface area contributed by atoms with Crippen molar-refractivity contribution in [3.05, 3.63) is 59.0 Å². The van der Waals surface area contributed by atoms with E-state index in [-0.39, 0.29) is 59.2 Å². The van der Waals surface area contributed by atoms with Gasteiger partial charge in [0.15, 0.2) is 0 Å². The first-order valence-electron chi connectivity index (χ1n) is 15.2. The highest BCUT2D eigenvalue weighted by molar-refractivity contribution is 6.46. The van der Waals surface area contributed by atoms with Gasteiger partial charge in [-0.25, -0.2) is 4.39 Å². The van der Waals surface area contributed by atoms with Crippen LogP contribution in [0.15, 0.2) is 36.5 Å². The van der Waals surface area contributed by atoms with E-state index in [4.69, 9.17) is 9.47 Å². The molecule has 3 heterocycles. The molecule has 0 spiro atoms. The van der Waals surface area contributed by atoms with Crippen LogP contribution in [-0.4, -0.2) is 76.2 Å². The second-order valence-corrected chi connectivity index (χ2v) is 11.9. The summed E-state index contributed by atoms with van der Waals surface area (Å²) in [6.07, 6.45) is 7.10. The zero-order chi connectivity index (χ0) is 30.7. The molecule has 0 radical (unpaired) electrons. The molecule has 2 aliphatic rings. The number of hydrogen-bond acceptors (Lipinski definition) is 7. The number of rotatable bonds is 9. The number of nitrogens with zero attached hydrogens (tertiary/aromatic N) is 4. The van der Waals surface area contributed by atoms with Gasteiger partial charge in [-0.15, -0.1) is 0 Å². The Morgan fingerprint density at radius 1 is 0.953 bits per heavy atom. The predicted molar refractivity (Wildman–Crippen MR) is 161 cm³/mol. The fraction of sp³-hybridized carbons (Fsp3) is 0.515. The van der Waals surface area contributed by atoms with Gasteiger partial charge in [0.25, 0.3) is 5.91 Å². The third-order valence-corrected chi connectivity index (χ3v) is 8.88. The van der Waals surface area contributed by atoms with E-state index in [1.54, 1.807) is 29.0 Å². The smallest absolute Gasteiger partial charge is 0.259 e. The molecule has 2 fully saturated rings. The molecule has 43 heavy (non-hydrogen) atoms. The summed E-state index contributed by atoms with van der Waals surface area (Å²) in [5.41, 5.74) is 1.90. The van der Waals surface area contributed by atoms with E-state index in [0.717, 1.165) is 44.1 Å². The molecule has 2 aromatic heterocycles. The number of pyridine rings is 1. The molecule has 0 N–H and O–H groups in total. The number of hydrogen-bond donors (Lipinski definition) is 0. The molecule has 2 atom stereocenters. The predicted octanol–water partition coefficient (Wildman–Crippen LogP) is 5.25. The van der Waals surface area contributed by atoms with Crippen molar-refractivity contribution < 1.29 is 28.2 Å². The van der Waals surface area contributed by atoms with Gasteiger partial charge in [-0.05, 0) is 50.5 Å². The first-order chi connectivity index (χ1) is 20.7. The zero-order valence-corrected chi connectivity index (χ0v) is 25.5. The molecule has 0 bridgehead atoms. The van der Waals surface area contributed by atoms with Crippen molar-refractivity contribution in [2.24, 2.45) is 5.92 Å². The van der Waals surface area contributed by atoms with Gasteiger partial charge < -0.3 is 18.9 Å². The average molecular weight is 593 g/mol. The van der Waals surface area contributed by atoms with Crippen LogP contribution in [-0.2, 0) is 22.8 Å². The molecular formula is C33H41FN4O5. The topological polar surface area (TPSA) is 94.0 Å². The molecule has 1 saturated heterocycles. The Morgan fingerprint density at radius 3 is 2.30 bits per heavy atom.